The first kappa shape index (κ1) is 20.0. The van der Waals surface area contributed by atoms with Gasteiger partial charge in [-0.25, -0.2) is 13.1 Å². The van der Waals surface area contributed by atoms with E-state index in [4.69, 9.17) is 9.47 Å². The third kappa shape index (κ3) is 5.53. The number of benzene rings is 1. The number of hydrogen-bond donors (Lipinski definition) is 2. The summed E-state index contributed by atoms with van der Waals surface area (Å²) in [5.74, 6) is 1.01. The molecule has 0 aliphatic carbocycles. The van der Waals surface area contributed by atoms with Crippen molar-refractivity contribution in [3.63, 3.8) is 0 Å². The molecule has 132 valence electrons. The summed E-state index contributed by atoms with van der Waals surface area (Å²) in [5, 5.41) is 3.19. The Balaban J connectivity index is 0.00000264. The number of ether oxygens (including phenoxy) is 2. The van der Waals surface area contributed by atoms with Crippen molar-refractivity contribution in [1.82, 2.24) is 10.0 Å². The van der Waals surface area contributed by atoms with E-state index in [1.807, 2.05) is 13.8 Å². The molecule has 1 saturated heterocycles. The Bertz CT molecular complexity index is 589. The highest BCUT2D eigenvalue weighted by Crippen LogP contribution is 2.30. The fraction of sp³-hybridized carbons (Fsp3) is 0.600. The lowest BCUT2D eigenvalue weighted by Crippen LogP contribution is -2.45. The van der Waals surface area contributed by atoms with Crippen molar-refractivity contribution in [3.05, 3.63) is 18.2 Å². The zero-order chi connectivity index (χ0) is 16.0. The van der Waals surface area contributed by atoms with Crippen molar-refractivity contribution < 1.29 is 17.9 Å². The van der Waals surface area contributed by atoms with Crippen molar-refractivity contribution in [1.29, 1.82) is 0 Å². The van der Waals surface area contributed by atoms with E-state index in [9.17, 15) is 8.42 Å². The summed E-state index contributed by atoms with van der Waals surface area (Å²) < 4.78 is 38.7. The predicted molar refractivity (Wildman–Crippen MR) is 92.2 cm³/mol. The predicted octanol–water partition coefficient (Wildman–Crippen LogP) is 1.94. The highest BCUT2D eigenvalue weighted by Gasteiger charge is 2.23. The van der Waals surface area contributed by atoms with Crippen molar-refractivity contribution in [2.24, 2.45) is 0 Å². The minimum Gasteiger partial charge on any atom is -0.490 e. The fourth-order valence-electron chi connectivity index (χ4n) is 2.44. The molecule has 1 heterocycles. The number of halogens is 1. The second-order valence-electron chi connectivity index (χ2n) is 5.14. The van der Waals surface area contributed by atoms with Crippen LogP contribution in [0.3, 0.4) is 0 Å². The molecule has 1 fully saturated rings. The van der Waals surface area contributed by atoms with Gasteiger partial charge in [-0.15, -0.1) is 12.4 Å². The summed E-state index contributed by atoms with van der Waals surface area (Å²) in [7, 11) is -3.56. The topological polar surface area (TPSA) is 76.7 Å². The van der Waals surface area contributed by atoms with Gasteiger partial charge >= 0.3 is 0 Å². The third-order valence-electron chi connectivity index (χ3n) is 3.44. The molecule has 0 aromatic heterocycles. The fourth-order valence-corrected chi connectivity index (χ4v) is 3.72. The Morgan fingerprint density at radius 1 is 1.22 bits per heavy atom. The van der Waals surface area contributed by atoms with Crippen LogP contribution in [0.4, 0.5) is 0 Å². The van der Waals surface area contributed by atoms with E-state index in [1.165, 1.54) is 6.07 Å². The number of rotatable bonds is 7. The third-order valence-corrected chi connectivity index (χ3v) is 4.96. The number of sulfonamides is 1. The van der Waals surface area contributed by atoms with Crippen LogP contribution in [0.25, 0.3) is 0 Å². The van der Waals surface area contributed by atoms with Gasteiger partial charge in [0, 0.05) is 18.7 Å². The highest BCUT2D eigenvalue weighted by molar-refractivity contribution is 7.89. The lowest BCUT2D eigenvalue weighted by atomic mass is 10.1. The van der Waals surface area contributed by atoms with Gasteiger partial charge in [-0.05, 0) is 45.4 Å². The summed E-state index contributed by atoms with van der Waals surface area (Å²) in [4.78, 5) is 0.199. The Morgan fingerprint density at radius 2 is 1.91 bits per heavy atom. The molecule has 0 unspecified atom stereocenters. The molecular formula is C15H25ClN2O4S. The maximum Gasteiger partial charge on any atom is 0.241 e. The van der Waals surface area contributed by atoms with Gasteiger partial charge in [0.25, 0.3) is 0 Å². The summed E-state index contributed by atoms with van der Waals surface area (Å²) in [6.45, 7) is 6.27. The number of nitrogens with one attached hydrogen (secondary N) is 2. The van der Waals surface area contributed by atoms with E-state index in [1.54, 1.807) is 12.1 Å². The second kappa shape index (κ2) is 9.32. The van der Waals surface area contributed by atoms with Gasteiger partial charge in [0.1, 0.15) is 0 Å². The zero-order valence-corrected chi connectivity index (χ0v) is 15.1. The smallest absolute Gasteiger partial charge is 0.241 e. The molecule has 2 N–H and O–H groups in total. The van der Waals surface area contributed by atoms with Crippen LogP contribution in [0.5, 0.6) is 11.5 Å². The van der Waals surface area contributed by atoms with Crippen LogP contribution in [0, 0.1) is 0 Å². The standard InChI is InChI=1S/C15H24N2O4S.ClH/c1-3-20-14-8-7-13(10-15(14)21-4-2)22(18,19)17-12-6-5-9-16-11-12;/h7-8,10,12,16-17H,3-6,9,11H2,1-2H3;1H/t12-;/m1./s1. The monoisotopic (exact) mass is 364 g/mol. The molecule has 0 saturated carbocycles. The van der Waals surface area contributed by atoms with Crippen molar-refractivity contribution in [2.45, 2.75) is 37.6 Å². The van der Waals surface area contributed by atoms with Crippen LogP contribution in [0.2, 0.25) is 0 Å². The molecule has 1 aromatic carbocycles. The highest BCUT2D eigenvalue weighted by atomic mass is 35.5. The Labute approximate surface area is 144 Å². The first-order chi connectivity index (χ1) is 10.6. The van der Waals surface area contributed by atoms with E-state index in [-0.39, 0.29) is 23.3 Å². The summed E-state index contributed by atoms with van der Waals surface area (Å²) in [6.07, 6.45) is 1.82. The van der Waals surface area contributed by atoms with Gasteiger partial charge in [0.05, 0.1) is 18.1 Å². The second-order valence-corrected chi connectivity index (χ2v) is 6.85. The molecule has 0 amide bonds. The summed E-state index contributed by atoms with van der Waals surface area (Å²) in [6, 6.07) is 4.64. The SMILES string of the molecule is CCOc1ccc(S(=O)(=O)N[C@@H]2CCCNC2)cc1OCC.Cl. The minimum absolute atomic E-state index is 0. The van der Waals surface area contributed by atoms with E-state index in [0.717, 1.165) is 19.4 Å². The zero-order valence-electron chi connectivity index (χ0n) is 13.5. The van der Waals surface area contributed by atoms with E-state index >= 15 is 0 Å². The quantitative estimate of drug-likeness (QED) is 0.773. The van der Waals surface area contributed by atoms with Crippen LogP contribution in [0.15, 0.2) is 23.1 Å². The van der Waals surface area contributed by atoms with Crippen LogP contribution in [0.1, 0.15) is 26.7 Å². The molecule has 2 rings (SSSR count). The van der Waals surface area contributed by atoms with E-state index < -0.39 is 10.0 Å². The number of hydrogen-bond acceptors (Lipinski definition) is 5. The van der Waals surface area contributed by atoms with E-state index in [2.05, 4.69) is 10.0 Å². The molecule has 0 spiro atoms. The van der Waals surface area contributed by atoms with Crippen molar-refractivity contribution in [2.75, 3.05) is 26.3 Å². The van der Waals surface area contributed by atoms with E-state index in [0.29, 0.717) is 31.3 Å². The Morgan fingerprint density at radius 3 is 2.52 bits per heavy atom. The van der Waals surface area contributed by atoms with Crippen molar-refractivity contribution >= 4 is 22.4 Å². The van der Waals surface area contributed by atoms with Crippen LogP contribution in [-0.2, 0) is 10.0 Å². The molecule has 23 heavy (non-hydrogen) atoms. The van der Waals surface area contributed by atoms with Gasteiger partial charge in [-0.1, -0.05) is 0 Å². The first-order valence-electron chi connectivity index (χ1n) is 7.69. The van der Waals surface area contributed by atoms with Gasteiger partial charge in [-0.3, -0.25) is 0 Å². The largest absolute Gasteiger partial charge is 0.490 e. The van der Waals surface area contributed by atoms with Crippen LogP contribution in [-0.4, -0.2) is 40.8 Å². The molecule has 0 radical (unpaired) electrons. The molecular weight excluding hydrogens is 340 g/mol. The van der Waals surface area contributed by atoms with Gasteiger partial charge in [-0.2, -0.15) is 0 Å². The van der Waals surface area contributed by atoms with Gasteiger partial charge in [0.15, 0.2) is 11.5 Å². The molecule has 1 aliphatic heterocycles. The molecule has 0 bridgehead atoms. The maximum absolute atomic E-state index is 12.5. The average molecular weight is 365 g/mol. The molecule has 1 atom stereocenters. The van der Waals surface area contributed by atoms with Crippen LogP contribution >= 0.6 is 12.4 Å². The summed E-state index contributed by atoms with van der Waals surface area (Å²) in [5.41, 5.74) is 0. The molecule has 6 nitrogen and oxygen atoms in total. The van der Waals surface area contributed by atoms with Gasteiger partial charge < -0.3 is 14.8 Å². The summed E-state index contributed by atoms with van der Waals surface area (Å²) >= 11 is 0. The Kier molecular flexibility index (Phi) is 8.11. The molecule has 1 aliphatic rings. The molecule has 1 aromatic rings. The maximum atomic E-state index is 12.5. The lowest BCUT2D eigenvalue weighted by Gasteiger charge is -2.23. The van der Waals surface area contributed by atoms with Crippen LogP contribution < -0.4 is 19.5 Å². The normalized spacial score (nSPS) is 18.1. The molecule has 8 heteroatoms. The Hall–Kier alpha value is -1.02. The van der Waals surface area contributed by atoms with Gasteiger partial charge in [0.2, 0.25) is 10.0 Å². The average Bonchev–Trinajstić information content (AvgIpc) is 2.50. The first-order valence-corrected chi connectivity index (χ1v) is 9.17. The minimum atomic E-state index is -3.56. The number of piperidine rings is 1. The van der Waals surface area contributed by atoms with Crippen molar-refractivity contribution in [3.8, 4) is 11.5 Å². The lowest BCUT2D eigenvalue weighted by molar-refractivity contribution is 0.287.